The first kappa shape index (κ1) is 42.3. The minimum Gasteiger partial charge on any atom is -0.373 e. The Balaban J connectivity index is 0.0000000947. The van der Waals surface area contributed by atoms with Gasteiger partial charge in [0.25, 0.3) is 11.8 Å². The van der Waals surface area contributed by atoms with Crippen molar-refractivity contribution in [3.05, 3.63) is 59.7 Å². The Labute approximate surface area is 369 Å². The number of likely N-dealkylation sites (tertiary alicyclic amines) is 4. The van der Waals surface area contributed by atoms with Gasteiger partial charge in [-0.1, -0.05) is 36.4 Å². The molecule has 336 valence electrons. The van der Waals surface area contributed by atoms with Gasteiger partial charge in [0, 0.05) is 35.2 Å². The Morgan fingerprint density at radius 1 is 0.391 bits per heavy atom. The van der Waals surface area contributed by atoms with Gasteiger partial charge in [0.15, 0.2) is 0 Å². The third-order valence-corrected chi connectivity index (χ3v) is 16.5. The highest BCUT2D eigenvalue weighted by atomic mass is 16.5. The Kier molecular flexibility index (Phi) is 10.1. The summed E-state index contributed by atoms with van der Waals surface area (Å²) in [5.41, 5.74) is 1.01. The summed E-state index contributed by atoms with van der Waals surface area (Å²) >= 11 is 0. The fourth-order valence-corrected chi connectivity index (χ4v) is 13.2. The second kappa shape index (κ2) is 15.2. The third kappa shape index (κ3) is 6.01. The minimum atomic E-state index is -0.243. The quantitative estimate of drug-likeness (QED) is 0.268. The summed E-state index contributed by atoms with van der Waals surface area (Å²) in [7, 11) is 7.83. The normalized spacial score (nSPS) is 41.0. The van der Waals surface area contributed by atoms with Crippen molar-refractivity contribution < 1.29 is 57.4 Å². The van der Waals surface area contributed by atoms with Crippen LogP contribution in [-0.4, -0.2) is 143 Å². The van der Waals surface area contributed by atoms with Crippen LogP contribution in [0, 0.1) is 71.0 Å². The lowest BCUT2D eigenvalue weighted by Crippen LogP contribution is -2.30. The molecule has 16 unspecified atom stereocenters. The largest absolute Gasteiger partial charge is 0.373 e. The smallest absolute Gasteiger partial charge is 0.261 e. The molecule has 9 heterocycles. The average molecular weight is 878 g/mol. The summed E-state index contributed by atoms with van der Waals surface area (Å²) < 4.78 is 11.0. The lowest BCUT2D eigenvalue weighted by molar-refractivity contribution is -0.142. The summed E-state index contributed by atoms with van der Waals surface area (Å²) in [6.45, 7) is 0. The van der Waals surface area contributed by atoms with Crippen molar-refractivity contribution in [2.24, 2.45) is 71.0 Å². The summed E-state index contributed by atoms with van der Waals surface area (Å²) in [6.07, 6.45) is 14.1. The molecule has 14 rings (SSSR count). The molecule has 0 spiro atoms. The highest BCUT2D eigenvalue weighted by molar-refractivity contribution is 6.21. The molecule has 1 aromatic rings. The molecule has 1 aromatic carbocycles. The van der Waals surface area contributed by atoms with Crippen LogP contribution in [0.5, 0.6) is 0 Å². The van der Waals surface area contributed by atoms with E-state index in [2.05, 4.69) is 12.2 Å². The highest BCUT2D eigenvalue weighted by Crippen LogP contribution is 2.56. The number of imide groups is 5. The van der Waals surface area contributed by atoms with Gasteiger partial charge in [-0.3, -0.25) is 72.4 Å². The molecule has 17 nitrogen and oxygen atoms in total. The van der Waals surface area contributed by atoms with Crippen molar-refractivity contribution in [1.82, 2.24) is 24.5 Å². The van der Waals surface area contributed by atoms with Crippen LogP contribution < -0.4 is 0 Å². The van der Waals surface area contributed by atoms with Crippen molar-refractivity contribution in [3.63, 3.8) is 0 Å². The summed E-state index contributed by atoms with van der Waals surface area (Å²) in [5.74, 6) is 0.581. The molecule has 16 atom stereocenters. The van der Waals surface area contributed by atoms with Gasteiger partial charge in [0.05, 0.1) is 82.9 Å². The fourth-order valence-electron chi connectivity index (χ4n) is 13.2. The molecule has 0 radical (unpaired) electrons. The van der Waals surface area contributed by atoms with Gasteiger partial charge >= 0.3 is 0 Å². The maximum Gasteiger partial charge on any atom is 0.261 e. The van der Waals surface area contributed by atoms with Gasteiger partial charge in [-0.2, -0.15) is 0 Å². The molecule has 9 aliphatic heterocycles. The first-order chi connectivity index (χ1) is 30.5. The number of rotatable bonds is 0. The monoisotopic (exact) mass is 877 g/mol. The van der Waals surface area contributed by atoms with Crippen LogP contribution in [0.4, 0.5) is 0 Å². The summed E-state index contributed by atoms with van der Waals surface area (Å²) in [5, 5.41) is 0. The summed E-state index contributed by atoms with van der Waals surface area (Å²) in [4.78, 5) is 122. The van der Waals surface area contributed by atoms with Crippen LogP contribution in [0.15, 0.2) is 48.6 Å². The maximum atomic E-state index is 11.7. The van der Waals surface area contributed by atoms with Gasteiger partial charge in [-0.25, -0.2) is 0 Å². The Morgan fingerprint density at radius 3 is 1.16 bits per heavy atom. The van der Waals surface area contributed by atoms with E-state index in [1.807, 2.05) is 12.2 Å². The molecule has 0 N–H and O–H groups in total. The van der Waals surface area contributed by atoms with Crippen molar-refractivity contribution in [1.29, 1.82) is 0 Å². The topological polar surface area (TPSA) is 205 Å². The van der Waals surface area contributed by atoms with Crippen LogP contribution in [-0.2, 0) is 47.8 Å². The predicted octanol–water partition coefficient (Wildman–Crippen LogP) is 1.32. The second-order valence-corrected chi connectivity index (χ2v) is 19.4. The Morgan fingerprint density at radius 2 is 0.750 bits per heavy atom. The van der Waals surface area contributed by atoms with E-state index in [1.165, 1.54) is 39.5 Å². The van der Waals surface area contributed by atoms with Crippen molar-refractivity contribution in [2.45, 2.75) is 62.9 Å². The number of nitrogens with zero attached hydrogens (tertiary/aromatic N) is 5. The molecular formula is C47H51N5O12. The third-order valence-electron chi connectivity index (χ3n) is 16.5. The molecular weight excluding hydrogens is 827 g/mol. The molecule has 10 fully saturated rings. The molecule has 0 aromatic heterocycles. The first-order valence-electron chi connectivity index (χ1n) is 22.4. The number of fused-ring (bicyclic) bond motifs is 21. The highest BCUT2D eigenvalue weighted by Gasteiger charge is 2.63. The zero-order chi connectivity index (χ0) is 45.4. The number of benzene rings is 1. The molecule has 8 bridgehead atoms. The van der Waals surface area contributed by atoms with E-state index < -0.39 is 0 Å². The van der Waals surface area contributed by atoms with Crippen LogP contribution in [0.2, 0.25) is 0 Å². The lowest BCUT2D eigenvalue weighted by Gasteiger charge is -2.19. The fraction of sp³-hybridized carbons (Fsp3) is 0.574. The van der Waals surface area contributed by atoms with Crippen LogP contribution in [0.25, 0.3) is 0 Å². The number of amides is 10. The van der Waals surface area contributed by atoms with Gasteiger partial charge in [-0.05, 0) is 74.3 Å². The van der Waals surface area contributed by atoms with E-state index in [0.717, 1.165) is 30.6 Å². The lowest BCUT2D eigenvalue weighted by atomic mass is 9.81. The standard InChI is InChI=1S/C10H13NO2.C10H11NO2.C9H11NO3.C9H9NO3.C9H7NO2/c2*1-11-9(12)7-5-2-3-6(4-5)8(7)10(11)13;2*1-10-8(11)6-4-2-3-5(13-4)7(6)9(10)12;1-10-8(11)6-4-2-3-5-7(6)9(10)12/h5-8H,2-4H2,1H3;2-3,5-8H,4H2,1H3;4-7H,2-3H2,1H3;2-7H,1H3;2-5H,1H3. The Bertz CT molecular complexity index is 2120. The molecule has 64 heavy (non-hydrogen) atoms. The van der Waals surface area contributed by atoms with Crippen molar-refractivity contribution in [2.75, 3.05) is 35.2 Å². The van der Waals surface area contributed by atoms with E-state index in [4.69, 9.17) is 9.47 Å². The molecule has 7 saturated heterocycles. The van der Waals surface area contributed by atoms with E-state index in [0.29, 0.717) is 34.8 Å². The molecule has 3 saturated carbocycles. The zero-order valence-electron chi connectivity index (χ0n) is 36.2. The van der Waals surface area contributed by atoms with Crippen molar-refractivity contribution >= 4 is 59.1 Å². The average Bonchev–Trinajstić information content (AvgIpc) is 4.16. The zero-order valence-corrected chi connectivity index (χ0v) is 36.2. The van der Waals surface area contributed by atoms with Gasteiger partial charge in [0.1, 0.15) is 0 Å². The van der Waals surface area contributed by atoms with E-state index >= 15 is 0 Å². The summed E-state index contributed by atoms with van der Waals surface area (Å²) in [6, 6.07) is 6.84. The first-order valence-corrected chi connectivity index (χ1v) is 22.4. The number of ether oxygens (including phenoxy) is 2. The van der Waals surface area contributed by atoms with E-state index in [-0.39, 0.29) is 131 Å². The van der Waals surface area contributed by atoms with Gasteiger partial charge < -0.3 is 9.47 Å². The maximum absolute atomic E-state index is 11.7. The van der Waals surface area contributed by atoms with Crippen LogP contribution in [0.3, 0.4) is 0 Å². The second-order valence-electron chi connectivity index (χ2n) is 19.4. The number of allylic oxidation sites excluding steroid dienone is 2. The SMILES string of the molecule is CN1C(=O)C2C3C=CC(C3)C2C1=O.CN1C(=O)C2C3C=CC(O3)C2C1=O.CN1C(=O)C2C3CCC(C3)C2C1=O.CN1C(=O)C2C3CCC(O3)C2C1=O.CN1C(=O)c2ccccc2C1=O. The number of carbonyl (C=O) groups is 10. The van der Waals surface area contributed by atoms with Gasteiger partial charge in [0.2, 0.25) is 47.3 Å². The number of hydrogen-bond donors (Lipinski definition) is 0. The Hall–Kier alpha value is -5.68. The molecule has 13 aliphatic rings. The number of hydrogen-bond acceptors (Lipinski definition) is 12. The predicted molar refractivity (Wildman–Crippen MR) is 219 cm³/mol. The van der Waals surface area contributed by atoms with Crippen LogP contribution in [0.1, 0.15) is 59.2 Å². The molecule has 4 aliphatic carbocycles. The number of carbonyl (C=O) groups excluding carboxylic acids is 10. The van der Waals surface area contributed by atoms with Crippen LogP contribution >= 0.6 is 0 Å². The van der Waals surface area contributed by atoms with Crippen molar-refractivity contribution in [3.8, 4) is 0 Å². The molecule has 10 amide bonds. The van der Waals surface area contributed by atoms with Gasteiger partial charge in [-0.15, -0.1) is 0 Å². The van der Waals surface area contributed by atoms with E-state index in [9.17, 15) is 47.9 Å². The van der Waals surface area contributed by atoms with E-state index in [1.54, 1.807) is 52.5 Å². The minimum absolute atomic E-state index is 0.0208. The molecule has 17 heteroatoms.